The van der Waals surface area contributed by atoms with Crippen molar-refractivity contribution in [2.75, 3.05) is 6.61 Å². The number of hydrogen-bond donors (Lipinski definition) is 0. The van der Waals surface area contributed by atoms with Crippen LogP contribution >= 0.6 is 14.7 Å². The topological polar surface area (TPSA) is 52.6 Å². The fourth-order valence-electron chi connectivity index (χ4n) is 4.73. The second-order valence-corrected chi connectivity index (χ2v) is 15.2. The smallest absolute Gasteiger partial charge is 0.261 e. The van der Waals surface area contributed by atoms with Gasteiger partial charge in [-0.15, -0.1) is 0 Å². The van der Waals surface area contributed by atoms with Crippen molar-refractivity contribution in [3.8, 4) is 0 Å². The first kappa shape index (κ1) is 28.3. The normalized spacial score (nSPS) is 13.4. The molecule has 4 aromatic carbocycles. The molecule has 1 unspecified atom stereocenters. The maximum atomic E-state index is 14.7. The third-order valence-electron chi connectivity index (χ3n) is 6.64. The van der Waals surface area contributed by atoms with E-state index in [2.05, 4.69) is 13.8 Å². The van der Waals surface area contributed by atoms with Crippen LogP contribution in [0.4, 0.5) is 0 Å². The molecule has 0 aromatic heterocycles. The van der Waals surface area contributed by atoms with Gasteiger partial charge in [-0.3, -0.25) is 9.13 Å². The lowest BCUT2D eigenvalue weighted by Gasteiger charge is -2.39. The molecule has 0 bridgehead atoms. The summed E-state index contributed by atoms with van der Waals surface area (Å²) in [4.78, 5) is 0. The third kappa shape index (κ3) is 6.11. The molecule has 6 heteroatoms. The van der Waals surface area contributed by atoms with Gasteiger partial charge in [-0.2, -0.15) is 0 Å². The zero-order chi connectivity index (χ0) is 27.2. The summed E-state index contributed by atoms with van der Waals surface area (Å²) < 4.78 is 42.3. The van der Waals surface area contributed by atoms with Crippen molar-refractivity contribution in [2.45, 2.75) is 33.8 Å². The summed E-state index contributed by atoms with van der Waals surface area (Å²) in [7, 11) is -6.82. The molecule has 0 aliphatic heterocycles. The maximum absolute atomic E-state index is 14.7. The van der Waals surface area contributed by atoms with Crippen LogP contribution in [0.5, 0.6) is 0 Å². The van der Waals surface area contributed by atoms with Gasteiger partial charge >= 0.3 is 0 Å². The van der Waals surface area contributed by atoms with Gasteiger partial charge in [0.05, 0.1) is 12.7 Å². The molecule has 4 nitrogen and oxygen atoms in total. The second-order valence-electron chi connectivity index (χ2n) is 10.5. The molecule has 4 rings (SSSR count). The van der Waals surface area contributed by atoms with E-state index in [0.717, 1.165) is 0 Å². The molecule has 0 N–H and O–H groups in total. The zero-order valence-corrected chi connectivity index (χ0v) is 24.2. The van der Waals surface area contributed by atoms with Crippen molar-refractivity contribution in [1.29, 1.82) is 0 Å². The average Bonchev–Trinajstić information content (AvgIpc) is 2.96. The predicted molar refractivity (Wildman–Crippen MR) is 159 cm³/mol. The Kier molecular flexibility index (Phi) is 8.91. The molecule has 1 atom stereocenters. The van der Waals surface area contributed by atoms with E-state index in [9.17, 15) is 9.13 Å². The van der Waals surface area contributed by atoms with Gasteiger partial charge in [-0.25, -0.2) is 0 Å². The fraction of sp³-hybridized carbons (Fsp3) is 0.250. The van der Waals surface area contributed by atoms with Crippen molar-refractivity contribution in [1.82, 2.24) is 0 Å². The monoisotopic (exact) mass is 546 g/mol. The molecule has 0 aliphatic carbocycles. The highest BCUT2D eigenvalue weighted by Crippen LogP contribution is 2.52. The lowest BCUT2D eigenvalue weighted by atomic mass is 9.82. The van der Waals surface area contributed by atoms with E-state index in [4.69, 9.17) is 9.05 Å². The van der Waals surface area contributed by atoms with Crippen LogP contribution in [0.15, 0.2) is 121 Å². The molecule has 0 amide bonds. The number of rotatable bonds is 11. The molecule has 0 heterocycles. The first-order valence-corrected chi connectivity index (χ1v) is 16.2. The Morgan fingerprint density at radius 3 is 1.21 bits per heavy atom. The molecule has 4 aromatic rings. The van der Waals surface area contributed by atoms with Crippen LogP contribution in [0.2, 0.25) is 0 Å². The van der Waals surface area contributed by atoms with Gasteiger partial charge in [0.25, 0.3) is 14.7 Å². The first-order valence-electron chi connectivity index (χ1n) is 12.9. The van der Waals surface area contributed by atoms with Gasteiger partial charge in [-0.1, -0.05) is 100 Å². The predicted octanol–water partition coefficient (Wildman–Crippen LogP) is 6.93. The fourth-order valence-corrected chi connectivity index (χ4v) is 9.49. The minimum absolute atomic E-state index is 0.0159. The van der Waals surface area contributed by atoms with E-state index >= 15 is 0 Å². The van der Waals surface area contributed by atoms with Crippen molar-refractivity contribution in [2.24, 2.45) is 11.3 Å². The summed E-state index contributed by atoms with van der Waals surface area (Å²) in [6, 6.07) is 37.4. The van der Waals surface area contributed by atoms with E-state index < -0.39 is 26.3 Å². The highest BCUT2D eigenvalue weighted by molar-refractivity contribution is 7.74. The summed E-state index contributed by atoms with van der Waals surface area (Å²) >= 11 is 0. The molecular formula is C32H36O4P2. The molecule has 0 spiro atoms. The molecular weight excluding hydrogens is 510 g/mol. The highest BCUT2D eigenvalue weighted by Gasteiger charge is 2.42. The molecule has 198 valence electrons. The van der Waals surface area contributed by atoms with Crippen molar-refractivity contribution in [3.63, 3.8) is 0 Å². The minimum Gasteiger partial charge on any atom is -0.321 e. The van der Waals surface area contributed by atoms with Gasteiger partial charge in [0, 0.05) is 26.6 Å². The highest BCUT2D eigenvalue weighted by atomic mass is 31.2. The van der Waals surface area contributed by atoms with Crippen LogP contribution in [0.1, 0.15) is 27.7 Å². The summed E-state index contributed by atoms with van der Waals surface area (Å²) in [6.45, 7) is 8.32. The van der Waals surface area contributed by atoms with Crippen molar-refractivity contribution < 1.29 is 18.2 Å². The van der Waals surface area contributed by atoms with Crippen LogP contribution in [0.3, 0.4) is 0 Å². The molecule has 0 aliphatic rings. The molecule has 0 radical (unpaired) electrons. The summed E-state index contributed by atoms with van der Waals surface area (Å²) in [5.41, 5.74) is -0.618. The van der Waals surface area contributed by atoms with Gasteiger partial charge in [0.1, 0.15) is 0 Å². The summed E-state index contributed by atoms with van der Waals surface area (Å²) in [5, 5.41) is 2.58. The molecule has 38 heavy (non-hydrogen) atoms. The van der Waals surface area contributed by atoms with Crippen molar-refractivity contribution >= 4 is 36.0 Å². The average molecular weight is 547 g/mol. The Morgan fingerprint density at radius 2 is 0.895 bits per heavy atom. The summed E-state index contributed by atoms with van der Waals surface area (Å²) in [5.74, 6) is 0.0159. The lowest BCUT2D eigenvalue weighted by molar-refractivity contribution is 0.0103. The van der Waals surface area contributed by atoms with Crippen LogP contribution < -0.4 is 21.2 Å². The van der Waals surface area contributed by atoms with Gasteiger partial charge in [0.15, 0.2) is 0 Å². The van der Waals surface area contributed by atoms with Crippen LogP contribution in [0.25, 0.3) is 0 Å². The van der Waals surface area contributed by atoms with Crippen LogP contribution in [0, 0.1) is 11.3 Å². The lowest BCUT2D eigenvalue weighted by Crippen LogP contribution is -2.41. The van der Waals surface area contributed by atoms with Crippen molar-refractivity contribution in [3.05, 3.63) is 121 Å². The van der Waals surface area contributed by atoms with E-state index in [1.54, 1.807) is 0 Å². The SMILES string of the molecule is CC(C)C(OP(=O)(c1ccccc1)c1ccccc1)C(C)(C)COP(=O)(c1ccccc1)c1ccccc1. The number of hydrogen-bond acceptors (Lipinski definition) is 4. The second kappa shape index (κ2) is 12.0. The van der Waals surface area contributed by atoms with Gasteiger partial charge in [0.2, 0.25) is 0 Å². The minimum atomic E-state index is -3.44. The largest absolute Gasteiger partial charge is 0.321 e. The Hall–Kier alpha value is -2.74. The standard InChI is InChI=1S/C32H36O4P2/c1-26(2)31(36-38(34,29-21-13-7-14-22-29)30-23-15-8-16-24-30)32(3,4)25-35-37(33,27-17-9-5-10-18-27)28-19-11-6-12-20-28/h5-24,26,31H,25H2,1-4H3. The number of benzene rings is 4. The van der Waals surface area contributed by atoms with E-state index in [1.165, 1.54) is 0 Å². The quantitative estimate of drug-likeness (QED) is 0.192. The third-order valence-corrected chi connectivity index (χ3v) is 11.6. The maximum Gasteiger partial charge on any atom is 0.261 e. The molecule has 0 saturated heterocycles. The van der Waals surface area contributed by atoms with E-state index in [-0.39, 0.29) is 12.5 Å². The Balaban J connectivity index is 1.69. The Labute approximate surface area is 227 Å². The van der Waals surface area contributed by atoms with Crippen LogP contribution in [-0.4, -0.2) is 12.7 Å². The summed E-state index contributed by atoms with van der Waals surface area (Å²) in [6.07, 6.45) is -0.450. The van der Waals surface area contributed by atoms with Gasteiger partial charge in [-0.05, 0) is 54.4 Å². The first-order chi connectivity index (χ1) is 18.2. The van der Waals surface area contributed by atoms with Gasteiger partial charge < -0.3 is 9.05 Å². The van der Waals surface area contributed by atoms with Crippen LogP contribution in [-0.2, 0) is 18.2 Å². The molecule has 0 saturated carbocycles. The Bertz CT molecular complexity index is 1300. The van der Waals surface area contributed by atoms with E-state index in [0.29, 0.717) is 21.2 Å². The van der Waals surface area contributed by atoms with E-state index in [1.807, 2.05) is 135 Å². The zero-order valence-electron chi connectivity index (χ0n) is 22.4. The Morgan fingerprint density at radius 1 is 0.579 bits per heavy atom. The molecule has 0 fully saturated rings.